The van der Waals surface area contributed by atoms with Crippen molar-refractivity contribution in [2.24, 2.45) is 0 Å². The number of carbonyl (C=O) groups excluding carboxylic acids is 1. The van der Waals surface area contributed by atoms with E-state index in [1.54, 1.807) is 30.3 Å². The highest BCUT2D eigenvalue weighted by atomic mass is 79.9. The molecule has 0 saturated heterocycles. The van der Waals surface area contributed by atoms with Gasteiger partial charge in [-0.15, -0.1) is 0 Å². The quantitative estimate of drug-likeness (QED) is 0.620. The third-order valence-electron chi connectivity index (χ3n) is 2.65. The molecule has 0 saturated carbocycles. The second kappa shape index (κ2) is 6.27. The Morgan fingerprint density at radius 3 is 2.75 bits per heavy atom. The summed E-state index contributed by atoms with van der Waals surface area (Å²) in [6.45, 7) is 0. The molecule has 0 aliphatic heterocycles. The molecular formula is C16H9BrFNO. The van der Waals surface area contributed by atoms with E-state index in [0.29, 0.717) is 11.1 Å². The van der Waals surface area contributed by atoms with Gasteiger partial charge < -0.3 is 0 Å². The van der Waals surface area contributed by atoms with Gasteiger partial charge in [-0.1, -0.05) is 18.2 Å². The molecule has 0 aliphatic carbocycles. The average molecular weight is 330 g/mol. The minimum absolute atomic E-state index is 0.229. The maximum absolute atomic E-state index is 13.1. The molecule has 98 valence electrons. The molecule has 2 aromatic carbocycles. The van der Waals surface area contributed by atoms with E-state index in [-0.39, 0.29) is 10.3 Å². The zero-order valence-electron chi connectivity index (χ0n) is 10.3. The van der Waals surface area contributed by atoms with Gasteiger partial charge in [0.2, 0.25) is 0 Å². The molecule has 0 atom stereocenters. The van der Waals surface area contributed by atoms with Gasteiger partial charge in [0.25, 0.3) is 0 Å². The van der Waals surface area contributed by atoms with Crippen LogP contribution < -0.4 is 0 Å². The predicted molar refractivity (Wildman–Crippen MR) is 78.6 cm³/mol. The molecule has 0 bridgehead atoms. The van der Waals surface area contributed by atoms with Crippen LogP contribution in [-0.2, 0) is 0 Å². The van der Waals surface area contributed by atoms with Gasteiger partial charge in [0.05, 0.1) is 16.1 Å². The van der Waals surface area contributed by atoms with Crippen LogP contribution in [0.25, 0.3) is 6.08 Å². The molecule has 4 heteroatoms. The van der Waals surface area contributed by atoms with E-state index >= 15 is 0 Å². The minimum Gasteiger partial charge on any atom is -0.289 e. The van der Waals surface area contributed by atoms with Crippen molar-refractivity contribution in [2.75, 3.05) is 0 Å². The fourth-order valence-corrected chi connectivity index (χ4v) is 2.01. The van der Waals surface area contributed by atoms with E-state index in [2.05, 4.69) is 15.9 Å². The van der Waals surface area contributed by atoms with Crippen LogP contribution >= 0.6 is 15.9 Å². The number of ketones is 1. The van der Waals surface area contributed by atoms with Crippen LogP contribution in [0.5, 0.6) is 0 Å². The Bertz CT molecular complexity index is 731. The number of halogens is 2. The zero-order chi connectivity index (χ0) is 14.5. The maximum Gasteiger partial charge on any atom is 0.185 e. The van der Waals surface area contributed by atoms with Crippen molar-refractivity contribution in [2.45, 2.75) is 0 Å². The first kappa shape index (κ1) is 14.2. The van der Waals surface area contributed by atoms with E-state index < -0.39 is 5.82 Å². The third kappa shape index (κ3) is 3.40. The van der Waals surface area contributed by atoms with E-state index in [0.717, 1.165) is 5.56 Å². The van der Waals surface area contributed by atoms with Crippen molar-refractivity contribution in [1.82, 2.24) is 0 Å². The number of benzene rings is 2. The Morgan fingerprint density at radius 1 is 1.25 bits per heavy atom. The van der Waals surface area contributed by atoms with Gasteiger partial charge in [0, 0.05) is 5.56 Å². The summed E-state index contributed by atoms with van der Waals surface area (Å²) in [7, 11) is 0. The Kier molecular flexibility index (Phi) is 4.44. The van der Waals surface area contributed by atoms with Crippen LogP contribution in [0.1, 0.15) is 21.5 Å². The normalized spacial score (nSPS) is 10.4. The summed E-state index contributed by atoms with van der Waals surface area (Å²) in [5, 5.41) is 8.79. The fraction of sp³-hybridized carbons (Fsp3) is 0. The second-order valence-electron chi connectivity index (χ2n) is 4.06. The van der Waals surface area contributed by atoms with Gasteiger partial charge in [-0.25, -0.2) is 4.39 Å². The number of rotatable bonds is 3. The minimum atomic E-state index is -0.410. The van der Waals surface area contributed by atoms with Gasteiger partial charge >= 0.3 is 0 Å². The first-order valence-corrected chi connectivity index (χ1v) is 6.57. The smallest absolute Gasteiger partial charge is 0.185 e. The molecule has 0 N–H and O–H groups in total. The van der Waals surface area contributed by atoms with Crippen molar-refractivity contribution in [3.63, 3.8) is 0 Å². The van der Waals surface area contributed by atoms with E-state index in [4.69, 9.17) is 5.26 Å². The molecule has 0 aliphatic rings. The highest BCUT2D eigenvalue weighted by Crippen LogP contribution is 2.17. The molecule has 2 nitrogen and oxygen atoms in total. The van der Waals surface area contributed by atoms with Crippen LogP contribution in [0.2, 0.25) is 0 Å². The first-order valence-electron chi connectivity index (χ1n) is 5.78. The van der Waals surface area contributed by atoms with Crippen LogP contribution in [-0.4, -0.2) is 5.78 Å². The molecule has 0 radical (unpaired) electrons. The van der Waals surface area contributed by atoms with Crippen molar-refractivity contribution in [1.29, 1.82) is 5.26 Å². The number of allylic oxidation sites excluding steroid dienone is 1. The number of nitriles is 1. The van der Waals surface area contributed by atoms with Gasteiger partial charge in [-0.3, -0.25) is 4.79 Å². The Hall–Kier alpha value is -2.25. The Labute approximate surface area is 124 Å². The summed E-state index contributed by atoms with van der Waals surface area (Å²) in [6, 6.07) is 13.1. The Balaban J connectivity index is 2.20. The topological polar surface area (TPSA) is 40.9 Å². The molecule has 0 fully saturated rings. The lowest BCUT2D eigenvalue weighted by atomic mass is 10.1. The number of carbonyl (C=O) groups is 1. The molecule has 0 spiro atoms. The molecule has 2 rings (SSSR count). The fourth-order valence-electron chi connectivity index (χ4n) is 1.63. The second-order valence-corrected chi connectivity index (χ2v) is 4.92. The standard InChI is InChI=1S/C16H9BrFNO/c17-14-9-13(5-6-15(14)18)16(20)7-4-11-2-1-3-12(8-11)10-19/h1-9H. The highest BCUT2D eigenvalue weighted by molar-refractivity contribution is 9.10. The lowest BCUT2D eigenvalue weighted by Crippen LogP contribution is -1.95. The molecule has 0 amide bonds. The predicted octanol–water partition coefficient (Wildman–Crippen LogP) is 4.36. The molecule has 0 aromatic heterocycles. The summed E-state index contributed by atoms with van der Waals surface area (Å²) >= 11 is 3.04. The molecule has 20 heavy (non-hydrogen) atoms. The van der Waals surface area contributed by atoms with Gasteiger partial charge in [-0.05, 0) is 57.9 Å². The van der Waals surface area contributed by atoms with Crippen LogP contribution in [0, 0.1) is 17.1 Å². The van der Waals surface area contributed by atoms with Crippen molar-refractivity contribution in [3.05, 3.63) is 75.5 Å². The highest BCUT2D eigenvalue weighted by Gasteiger charge is 2.05. The van der Waals surface area contributed by atoms with E-state index in [1.807, 2.05) is 6.07 Å². The number of hydrogen-bond donors (Lipinski definition) is 0. The first-order chi connectivity index (χ1) is 9.60. The van der Waals surface area contributed by atoms with Crippen LogP contribution in [0.15, 0.2) is 53.0 Å². The SMILES string of the molecule is N#Cc1cccc(C=CC(=O)c2ccc(F)c(Br)c2)c1. The number of nitrogens with zero attached hydrogens (tertiary/aromatic N) is 1. The van der Waals surface area contributed by atoms with Gasteiger partial charge in [-0.2, -0.15) is 5.26 Å². The number of hydrogen-bond acceptors (Lipinski definition) is 2. The summed E-state index contributed by atoms with van der Waals surface area (Å²) < 4.78 is 13.3. The van der Waals surface area contributed by atoms with Crippen LogP contribution in [0.3, 0.4) is 0 Å². The summed E-state index contributed by atoms with van der Waals surface area (Å²) in [6.07, 6.45) is 3.02. The summed E-state index contributed by atoms with van der Waals surface area (Å²) in [4.78, 5) is 11.9. The average Bonchev–Trinajstić information content (AvgIpc) is 2.47. The van der Waals surface area contributed by atoms with Crippen molar-refractivity contribution in [3.8, 4) is 6.07 Å². The third-order valence-corrected chi connectivity index (χ3v) is 3.25. The van der Waals surface area contributed by atoms with Gasteiger partial charge in [0.1, 0.15) is 5.82 Å². The van der Waals surface area contributed by atoms with E-state index in [1.165, 1.54) is 24.3 Å². The summed E-state index contributed by atoms with van der Waals surface area (Å²) in [5.41, 5.74) is 1.69. The monoisotopic (exact) mass is 329 g/mol. The zero-order valence-corrected chi connectivity index (χ0v) is 11.9. The lowest BCUT2D eigenvalue weighted by Gasteiger charge is -1.99. The largest absolute Gasteiger partial charge is 0.289 e. The maximum atomic E-state index is 13.1. The van der Waals surface area contributed by atoms with Crippen LogP contribution in [0.4, 0.5) is 4.39 Å². The van der Waals surface area contributed by atoms with Gasteiger partial charge in [0.15, 0.2) is 5.78 Å². The molecule has 0 unspecified atom stereocenters. The van der Waals surface area contributed by atoms with Crippen molar-refractivity contribution >= 4 is 27.8 Å². The molecule has 2 aromatic rings. The lowest BCUT2D eigenvalue weighted by molar-refractivity contribution is 0.104. The van der Waals surface area contributed by atoms with Crippen molar-refractivity contribution < 1.29 is 9.18 Å². The molecule has 0 heterocycles. The summed E-state index contributed by atoms with van der Waals surface area (Å²) in [5.74, 6) is -0.639. The Morgan fingerprint density at radius 2 is 2.05 bits per heavy atom. The molecular weight excluding hydrogens is 321 g/mol. The van der Waals surface area contributed by atoms with E-state index in [9.17, 15) is 9.18 Å².